The third kappa shape index (κ3) is 2.91. The van der Waals surface area contributed by atoms with Crippen LogP contribution in [0.1, 0.15) is 19.8 Å². The zero-order chi connectivity index (χ0) is 19.3. The fourth-order valence-electron chi connectivity index (χ4n) is 3.56. The molecule has 142 valence electrons. The molecule has 1 aromatic rings. The molecule has 2 heterocycles. The molecule has 0 bridgehead atoms. The van der Waals surface area contributed by atoms with Crippen molar-refractivity contribution in [1.82, 2.24) is 8.61 Å². The van der Waals surface area contributed by atoms with E-state index in [4.69, 9.17) is 5.73 Å². The largest absolute Gasteiger partial charge is 0.399 e. The number of rotatable bonds is 5. The van der Waals surface area contributed by atoms with Crippen molar-refractivity contribution >= 4 is 31.6 Å². The van der Waals surface area contributed by atoms with Gasteiger partial charge < -0.3 is 5.73 Å². The fraction of sp³-hybridized carbons (Fsp3) is 0.438. The van der Waals surface area contributed by atoms with Crippen LogP contribution < -0.4 is 5.73 Å². The van der Waals surface area contributed by atoms with Gasteiger partial charge in [-0.1, -0.05) is 13.3 Å². The Hall–Kier alpha value is -1.91. The molecule has 1 aromatic carbocycles. The number of nitrogens with two attached hydrogens (primary N) is 1. The number of hydrogen-bond acceptors (Lipinski definition) is 6. The number of carbonyl (C=O) groups is 1. The third-order valence-electron chi connectivity index (χ3n) is 4.64. The molecule has 1 fully saturated rings. The number of nitrogen functional groups attached to an aromatic ring is 1. The molecule has 0 unspecified atom stereocenters. The maximum atomic E-state index is 13.1. The molecular weight excluding hydrogens is 378 g/mol. The normalized spacial score (nSPS) is 24.0. The fourth-order valence-corrected chi connectivity index (χ4v) is 6.16. The van der Waals surface area contributed by atoms with E-state index in [1.54, 1.807) is 0 Å². The van der Waals surface area contributed by atoms with Crippen molar-refractivity contribution in [3.63, 3.8) is 0 Å². The van der Waals surface area contributed by atoms with E-state index in [9.17, 15) is 21.6 Å². The highest BCUT2D eigenvalue weighted by molar-refractivity contribution is 7.89. The first kappa shape index (κ1) is 18.9. The molecule has 26 heavy (non-hydrogen) atoms. The predicted molar refractivity (Wildman–Crippen MR) is 96.7 cm³/mol. The van der Waals surface area contributed by atoms with Gasteiger partial charge in [-0.15, -0.1) is 0 Å². The number of anilines is 1. The van der Waals surface area contributed by atoms with Gasteiger partial charge in [0.2, 0.25) is 26.0 Å². The number of fused-ring (bicyclic) bond motifs is 1. The summed E-state index contributed by atoms with van der Waals surface area (Å²) in [7, 11) is -7.72. The summed E-state index contributed by atoms with van der Waals surface area (Å²) in [6, 6.07) is 4.98. The minimum Gasteiger partial charge on any atom is -0.399 e. The Bertz CT molecular complexity index is 968. The van der Waals surface area contributed by atoms with E-state index in [1.807, 2.05) is 6.92 Å². The quantitative estimate of drug-likeness (QED) is 0.730. The van der Waals surface area contributed by atoms with E-state index < -0.39 is 37.9 Å². The van der Waals surface area contributed by atoms with Crippen molar-refractivity contribution in [3.05, 3.63) is 36.0 Å². The van der Waals surface area contributed by atoms with Crippen LogP contribution in [-0.4, -0.2) is 50.2 Å². The van der Waals surface area contributed by atoms with Crippen LogP contribution in [0.3, 0.4) is 0 Å². The number of benzene rings is 1. The average molecular weight is 399 g/mol. The molecule has 8 nitrogen and oxygen atoms in total. The second kappa shape index (κ2) is 6.36. The molecule has 3 rings (SSSR count). The summed E-state index contributed by atoms with van der Waals surface area (Å²) >= 11 is 0. The highest BCUT2D eigenvalue weighted by Crippen LogP contribution is 2.42. The van der Waals surface area contributed by atoms with Crippen molar-refractivity contribution in [2.75, 3.05) is 18.5 Å². The van der Waals surface area contributed by atoms with Crippen LogP contribution in [0.15, 0.2) is 40.9 Å². The SMILES string of the molecule is CCC[C@H]1C(=O)N(S(C)(=O)=O)C2=CCN(S(=O)(=O)c3ccc(N)cc3)[C@@H]21. The lowest BCUT2D eigenvalue weighted by Crippen LogP contribution is -2.41. The molecule has 0 aromatic heterocycles. The maximum Gasteiger partial charge on any atom is 0.245 e. The average Bonchev–Trinajstić information content (AvgIpc) is 3.06. The van der Waals surface area contributed by atoms with Crippen molar-refractivity contribution < 1.29 is 21.6 Å². The summed E-state index contributed by atoms with van der Waals surface area (Å²) in [5.41, 5.74) is 6.29. The van der Waals surface area contributed by atoms with Gasteiger partial charge in [-0.2, -0.15) is 4.31 Å². The number of amides is 1. The first-order valence-electron chi connectivity index (χ1n) is 8.20. The molecule has 2 N–H and O–H groups in total. The maximum absolute atomic E-state index is 13.1. The van der Waals surface area contributed by atoms with Gasteiger partial charge in [0.1, 0.15) is 0 Å². The number of sulfonamides is 2. The molecule has 0 saturated carbocycles. The predicted octanol–water partition coefficient (Wildman–Crippen LogP) is 0.744. The van der Waals surface area contributed by atoms with Crippen molar-refractivity contribution in [1.29, 1.82) is 0 Å². The Kier molecular flexibility index (Phi) is 4.62. The second-order valence-electron chi connectivity index (χ2n) is 6.48. The van der Waals surface area contributed by atoms with E-state index in [-0.39, 0.29) is 17.1 Å². The van der Waals surface area contributed by atoms with Gasteiger partial charge in [0.05, 0.1) is 28.8 Å². The number of carbonyl (C=O) groups excluding carboxylic acids is 1. The summed E-state index contributed by atoms with van der Waals surface area (Å²) in [5.74, 6) is -1.28. The Morgan fingerprint density at radius 1 is 1.15 bits per heavy atom. The molecule has 1 amide bonds. The molecule has 1 saturated heterocycles. The Balaban J connectivity index is 2.05. The first-order valence-corrected chi connectivity index (χ1v) is 11.5. The summed E-state index contributed by atoms with van der Waals surface area (Å²) in [6.45, 7) is 1.89. The van der Waals surface area contributed by atoms with Gasteiger partial charge in [0, 0.05) is 12.2 Å². The van der Waals surface area contributed by atoms with E-state index in [0.717, 1.165) is 10.6 Å². The van der Waals surface area contributed by atoms with Crippen LogP contribution in [0.4, 0.5) is 5.69 Å². The van der Waals surface area contributed by atoms with Crippen LogP contribution in [0.2, 0.25) is 0 Å². The zero-order valence-electron chi connectivity index (χ0n) is 14.5. The topological polar surface area (TPSA) is 118 Å². The summed E-state index contributed by atoms with van der Waals surface area (Å²) in [6.07, 6.45) is 3.50. The molecular formula is C16H21N3O5S2. The van der Waals surface area contributed by atoms with Crippen molar-refractivity contribution in [3.8, 4) is 0 Å². The Morgan fingerprint density at radius 3 is 2.31 bits per heavy atom. The van der Waals surface area contributed by atoms with Crippen molar-refractivity contribution in [2.45, 2.75) is 30.7 Å². The molecule has 0 aliphatic carbocycles. The molecule has 10 heteroatoms. The van der Waals surface area contributed by atoms with Crippen LogP contribution in [0.5, 0.6) is 0 Å². The van der Waals surface area contributed by atoms with Gasteiger partial charge in [-0.05, 0) is 36.8 Å². The van der Waals surface area contributed by atoms with Gasteiger partial charge in [-0.25, -0.2) is 21.1 Å². The number of hydrogen-bond donors (Lipinski definition) is 1. The van der Waals surface area contributed by atoms with E-state index >= 15 is 0 Å². The second-order valence-corrected chi connectivity index (χ2v) is 10.2. The monoisotopic (exact) mass is 399 g/mol. The van der Waals surface area contributed by atoms with Gasteiger partial charge in [-0.3, -0.25) is 4.79 Å². The van der Waals surface area contributed by atoms with Gasteiger partial charge >= 0.3 is 0 Å². The van der Waals surface area contributed by atoms with Crippen LogP contribution >= 0.6 is 0 Å². The molecule has 0 radical (unpaired) electrons. The Morgan fingerprint density at radius 2 is 1.77 bits per heavy atom. The standard InChI is InChI=1S/C16H21N3O5S2/c1-3-4-13-15-14(19(16(13)20)25(2,21)22)9-10-18(15)26(23,24)12-7-5-11(17)6-8-12/h5-9,13,15H,3-4,10,17H2,1-2H3/t13-,15-/m1/s1. The highest BCUT2D eigenvalue weighted by Gasteiger charge is 2.55. The van der Waals surface area contributed by atoms with Gasteiger partial charge in [0.25, 0.3) is 0 Å². The number of nitrogens with zero attached hydrogens (tertiary/aromatic N) is 2. The van der Waals surface area contributed by atoms with E-state index in [0.29, 0.717) is 18.5 Å². The summed E-state index contributed by atoms with van der Waals surface area (Å²) in [5, 5.41) is 0. The van der Waals surface area contributed by atoms with Crippen LogP contribution in [0.25, 0.3) is 0 Å². The lowest BCUT2D eigenvalue weighted by Gasteiger charge is -2.26. The van der Waals surface area contributed by atoms with E-state index in [2.05, 4.69) is 0 Å². The molecule has 0 spiro atoms. The van der Waals surface area contributed by atoms with Crippen molar-refractivity contribution in [2.24, 2.45) is 5.92 Å². The van der Waals surface area contributed by atoms with Crippen LogP contribution in [0, 0.1) is 5.92 Å². The third-order valence-corrected chi connectivity index (χ3v) is 7.56. The van der Waals surface area contributed by atoms with E-state index in [1.165, 1.54) is 34.6 Å². The lowest BCUT2D eigenvalue weighted by atomic mass is 9.97. The minimum absolute atomic E-state index is 0.0201. The summed E-state index contributed by atoms with van der Waals surface area (Å²) in [4.78, 5) is 12.7. The Labute approximate surface area is 153 Å². The first-order chi connectivity index (χ1) is 12.1. The highest BCUT2D eigenvalue weighted by atomic mass is 32.2. The van der Waals surface area contributed by atoms with Crippen LogP contribution in [-0.2, 0) is 24.8 Å². The minimum atomic E-state index is -3.90. The molecule has 2 aliphatic rings. The molecule has 2 aliphatic heterocycles. The summed E-state index contributed by atoms with van der Waals surface area (Å²) < 4.78 is 52.3. The smallest absolute Gasteiger partial charge is 0.245 e. The zero-order valence-corrected chi connectivity index (χ0v) is 16.1. The molecule has 2 atom stereocenters. The van der Waals surface area contributed by atoms with Gasteiger partial charge in [0.15, 0.2) is 0 Å². The lowest BCUT2D eigenvalue weighted by molar-refractivity contribution is -0.127.